The molecular weight excluding hydrogens is 336 g/mol. The van der Waals surface area contributed by atoms with E-state index in [1.807, 2.05) is 39.8 Å². The van der Waals surface area contributed by atoms with Crippen LogP contribution in [-0.2, 0) is 14.8 Å². The number of sulfonamides is 1. The van der Waals surface area contributed by atoms with Gasteiger partial charge in [0, 0.05) is 12.1 Å². The molecule has 0 aliphatic carbocycles. The average Bonchev–Trinajstić information content (AvgIpc) is 2.51. The van der Waals surface area contributed by atoms with Crippen LogP contribution in [0.3, 0.4) is 0 Å². The van der Waals surface area contributed by atoms with Crippen LogP contribution in [-0.4, -0.2) is 14.3 Å². The number of hydrogen-bond acceptors (Lipinski definition) is 3. The van der Waals surface area contributed by atoms with Crippen LogP contribution in [0.15, 0.2) is 41.3 Å². The molecule has 25 heavy (non-hydrogen) atoms. The zero-order valence-electron chi connectivity index (χ0n) is 15.0. The zero-order chi connectivity index (χ0) is 18.6. The van der Waals surface area contributed by atoms with Crippen molar-refractivity contribution < 1.29 is 13.2 Å². The Bertz CT molecular complexity index is 849. The molecule has 0 spiro atoms. The predicted molar refractivity (Wildman–Crippen MR) is 101 cm³/mol. The number of aryl methyl sites for hydroxylation is 3. The number of nitrogens with one attached hydrogen (secondary N) is 2. The second-order valence-electron chi connectivity index (χ2n) is 6.20. The molecule has 0 bridgehead atoms. The van der Waals surface area contributed by atoms with Crippen molar-refractivity contribution in [1.82, 2.24) is 0 Å². The van der Waals surface area contributed by atoms with Crippen molar-refractivity contribution in [3.8, 4) is 0 Å². The van der Waals surface area contributed by atoms with Crippen LogP contribution in [0.2, 0.25) is 0 Å². The van der Waals surface area contributed by atoms with Crippen molar-refractivity contribution in [1.29, 1.82) is 0 Å². The molecule has 6 heteroatoms. The fourth-order valence-corrected chi connectivity index (χ4v) is 3.91. The highest BCUT2D eigenvalue weighted by atomic mass is 32.2. The summed E-state index contributed by atoms with van der Waals surface area (Å²) in [4.78, 5) is 11.7. The van der Waals surface area contributed by atoms with Crippen molar-refractivity contribution in [2.45, 2.75) is 45.4 Å². The molecule has 0 unspecified atom stereocenters. The molecule has 0 aromatic heterocycles. The molecule has 0 heterocycles. The van der Waals surface area contributed by atoms with E-state index in [1.54, 1.807) is 12.1 Å². The SMILES string of the molecule is CCCC(=O)Nc1ccc(S(=O)(=O)Nc2c(C)cc(C)cc2C)cc1. The standard InChI is InChI=1S/C19H24N2O3S/c1-5-6-18(22)20-16-7-9-17(10-8-16)25(23,24)21-19-14(3)11-13(2)12-15(19)4/h7-12,21H,5-6H2,1-4H3,(H,20,22). The monoisotopic (exact) mass is 360 g/mol. The van der Waals surface area contributed by atoms with Crippen LogP contribution in [0.1, 0.15) is 36.5 Å². The van der Waals surface area contributed by atoms with Gasteiger partial charge in [0.2, 0.25) is 5.91 Å². The van der Waals surface area contributed by atoms with Crippen molar-refractivity contribution in [3.05, 3.63) is 53.1 Å². The van der Waals surface area contributed by atoms with Crippen LogP contribution in [0.5, 0.6) is 0 Å². The maximum absolute atomic E-state index is 12.6. The summed E-state index contributed by atoms with van der Waals surface area (Å²) >= 11 is 0. The van der Waals surface area contributed by atoms with Crippen LogP contribution in [0.4, 0.5) is 11.4 Å². The molecule has 1 amide bonds. The molecule has 2 aromatic rings. The Balaban J connectivity index is 2.21. The van der Waals surface area contributed by atoms with Gasteiger partial charge in [0.25, 0.3) is 10.0 Å². The molecule has 134 valence electrons. The number of anilines is 2. The largest absolute Gasteiger partial charge is 0.326 e. The van der Waals surface area contributed by atoms with Gasteiger partial charge in [0.1, 0.15) is 0 Å². The van der Waals surface area contributed by atoms with Crippen LogP contribution < -0.4 is 10.0 Å². The summed E-state index contributed by atoms with van der Waals surface area (Å²) in [6, 6.07) is 10.0. The van der Waals surface area contributed by atoms with E-state index in [9.17, 15) is 13.2 Å². The second-order valence-corrected chi connectivity index (χ2v) is 7.88. The van der Waals surface area contributed by atoms with Gasteiger partial charge in [-0.3, -0.25) is 9.52 Å². The first kappa shape index (κ1) is 19.0. The molecule has 0 saturated heterocycles. The molecule has 2 aromatic carbocycles. The van der Waals surface area contributed by atoms with Gasteiger partial charge >= 0.3 is 0 Å². The smallest absolute Gasteiger partial charge is 0.261 e. The number of carbonyl (C=O) groups excluding carboxylic acids is 1. The molecule has 0 atom stereocenters. The molecule has 0 radical (unpaired) electrons. The highest BCUT2D eigenvalue weighted by molar-refractivity contribution is 7.92. The fraction of sp³-hybridized carbons (Fsp3) is 0.316. The third-order valence-corrected chi connectivity index (χ3v) is 5.20. The minimum Gasteiger partial charge on any atom is -0.326 e. The Morgan fingerprint density at radius 1 is 1.00 bits per heavy atom. The quantitative estimate of drug-likeness (QED) is 0.812. The van der Waals surface area contributed by atoms with E-state index in [1.165, 1.54) is 12.1 Å². The van der Waals surface area contributed by atoms with Crippen LogP contribution in [0, 0.1) is 20.8 Å². The van der Waals surface area contributed by atoms with Gasteiger partial charge in [-0.1, -0.05) is 24.6 Å². The lowest BCUT2D eigenvalue weighted by atomic mass is 10.1. The first-order valence-corrected chi connectivity index (χ1v) is 9.72. The third-order valence-electron chi connectivity index (χ3n) is 3.84. The average molecular weight is 360 g/mol. The summed E-state index contributed by atoms with van der Waals surface area (Å²) < 4.78 is 27.9. The van der Waals surface area contributed by atoms with Crippen molar-refractivity contribution in [3.63, 3.8) is 0 Å². The van der Waals surface area contributed by atoms with Crippen molar-refractivity contribution >= 4 is 27.3 Å². The Labute approximate surface area is 149 Å². The molecule has 2 N–H and O–H groups in total. The first-order chi connectivity index (χ1) is 11.7. The summed E-state index contributed by atoms with van der Waals surface area (Å²) in [5.41, 5.74) is 4.03. The van der Waals surface area contributed by atoms with E-state index in [0.29, 0.717) is 17.8 Å². The lowest BCUT2D eigenvalue weighted by Gasteiger charge is -2.14. The molecular formula is C19H24N2O3S. The summed E-state index contributed by atoms with van der Waals surface area (Å²) in [7, 11) is -3.69. The lowest BCUT2D eigenvalue weighted by Crippen LogP contribution is -2.15. The Morgan fingerprint density at radius 3 is 2.08 bits per heavy atom. The van der Waals surface area contributed by atoms with Gasteiger partial charge in [-0.2, -0.15) is 0 Å². The van der Waals surface area contributed by atoms with E-state index < -0.39 is 10.0 Å². The van der Waals surface area contributed by atoms with Gasteiger partial charge in [0.15, 0.2) is 0 Å². The Morgan fingerprint density at radius 2 is 1.56 bits per heavy atom. The van der Waals surface area contributed by atoms with Crippen LogP contribution >= 0.6 is 0 Å². The van der Waals surface area contributed by atoms with Crippen LogP contribution in [0.25, 0.3) is 0 Å². The van der Waals surface area contributed by atoms with Gasteiger partial charge in [-0.15, -0.1) is 0 Å². The topological polar surface area (TPSA) is 75.3 Å². The molecule has 5 nitrogen and oxygen atoms in total. The highest BCUT2D eigenvalue weighted by Crippen LogP contribution is 2.25. The van der Waals surface area contributed by atoms with Crippen molar-refractivity contribution in [2.24, 2.45) is 0 Å². The zero-order valence-corrected chi connectivity index (χ0v) is 15.8. The number of carbonyl (C=O) groups is 1. The summed E-state index contributed by atoms with van der Waals surface area (Å²) in [5, 5.41) is 2.74. The summed E-state index contributed by atoms with van der Waals surface area (Å²) in [6.45, 7) is 7.66. The van der Waals surface area contributed by atoms with E-state index in [4.69, 9.17) is 0 Å². The summed E-state index contributed by atoms with van der Waals surface area (Å²) in [6.07, 6.45) is 1.20. The number of hydrogen-bond donors (Lipinski definition) is 2. The Hall–Kier alpha value is -2.34. The number of amides is 1. The van der Waals surface area contributed by atoms with Crippen molar-refractivity contribution in [2.75, 3.05) is 10.0 Å². The molecule has 0 fully saturated rings. The lowest BCUT2D eigenvalue weighted by molar-refractivity contribution is -0.116. The number of benzene rings is 2. The van der Waals surface area contributed by atoms with E-state index in [2.05, 4.69) is 10.0 Å². The first-order valence-electron chi connectivity index (χ1n) is 8.23. The molecule has 0 aliphatic heterocycles. The van der Waals surface area contributed by atoms with Gasteiger partial charge in [0.05, 0.1) is 10.6 Å². The normalized spacial score (nSPS) is 11.2. The second kappa shape index (κ2) is 7.70. The van der Waals surface area contributed by atoms with E-state index in [-0.39, 0.29) is 10.8 Å². The predicted octanol–water partition coefficient (Wildman–Crippen LogP) is 4.15. The third kappa shape index (κ3) is 4.82. The van der Waals surface area contributed by atoms with Gasteiger partial charge < -0.3 is 5.32 Å². The summed E-state index contributed by atoms with van der Waals surface area (Å²) in [5.74, 6) is -0.0814. The van der Waals surface area contributed by atoms with E-state index in [0.717, 1.165) is 23.1 Å². The number of rotatable bonds is 6. The Kier molecular flexibility index (Phi) is 5.85. The maximum atomic E-state index is 12.6. The highest BCUT2D eigenvalue weighted by Gasteiger charge is 2.17. The van der Waals surface area contributed by atoms with Gasteiger partial charge in [-0.25, -0.2) is 8.42 Å². The molecule has 0 saturated carbocycles. The van der Waals surface area contributed by atoms with E-state index >= 15 is 0 Å². The minimum absolute atomic E-state index is 0.0814. The molecule has 0 aliphatic rings. The maximum Gasteiger partial charge on any atom is 0.261 e. The molecule has 2 rings (SSSR count). The fourth-order valence-electron chi connectivity index (χ4n) is 2.70. The van der Waals surface area contributed by atoms with Gasteiger partial charge in [-0.05, 0) is 62.6 Å². The minimum atomic E-state index is -3.69.